The molecule has 140 valence electrons. The Labute approximate surface area is 163 Å². The Morgan fingerprint density at radius 1 is 1.15 bits per heavy atom. The topological polar surface area (TPSA) is 66.5 Å². The highest BCUT2D eigenvalue weighted by Crippen LogP contribution is 2.22. The molecule has 2 aromatic carbocycles. The number of carbonyl (C=O) groups excluding carboxylic acids is 1. The molecule has 5 nitrogen and oxygen atoms in total. The molecule has 2 rings (SSSR count). The van der Waals surface area contributed by atoms with Crippen LogP contribution in [0.3, 0.4) is 0 Å². The zero-order chi connectivity index (χ0) is 19.2. The van der Waals surface area contributed by atoms with Gasteiger partial charge in [0.05, 0.1) is 15.6 Å². The SMILES string of the molecule is CN(C)S(=O)(=O)c1cccc(CSCCC(=O)Nc2ccccc2Cl)c1. The molecular formula is C18H21ClN2O3S2. The summed E-state index contributed by atoms with van der Waals surface area (Å²) < 4.78 is 25.5. The Morgan fingerprint density at radius 2 is 1.88 bits per heavy atom. The second-order valence-electron chi connectivity index (χ2n) is 5.77. The summed E-state index contributed by atoms with van der Waals surface area (Å²) in [4.78, 5) is 12.2. The highest BCUT2D eigenvalue weighted by Gasteiger charge is 2.17. The zero-order valence-corrected chi connectivity index (χ0v) is 17.0. The number of sulfonamides is 1. The van der Waals surface area contributed by atoms with E-state index in [0.29, 0.717) is 28.6 Å². The fraction of sp³-hybridized carbons (Fsp3) is 0.278. The molecule has 0 bridgehead atoms. The number of hydrogen-bond donors (Lipinski definition) is 1. The van der Waals surface area contributed by atoms with Gasteiger partial charge in [0.1, 0.15) is 0 Å². The highest BCUT2D eigenvalue weighted by atomic mass is 35.5. The first kappa shape index (κ1) is 20.8. The van der Waals surface area contributed by atoms with Crippen LogP contribution in [0.15, 0.2) is 53.4 Å². The first-order valence-corrected chi connectivity index (χ1v) is 10.9. The highest BCUT2D eigenvalue weighted by molar-refractivity contribution is 7.98. The van der Waals surface area contributed by atoms with Gasteiger partial charge in [0.15, 0.2) is 0 Å². The Bertz CT molecular complexity index is 870. The van der Waals surface area contributed by atoms with Crippen molar-refractivity contribution in [2.24, 2.45) is 0 Å². The number of hydrogen-bond acceptors (Lipinski definition) is 4. The van der Waals surface area contributed by atoms with Crippen LogP contribution in [0, 0.1) is 0 Å². The number of nitrogens with zero attached hydrogens (tertiary/aromatic N) is 1. The molecular weight excluding hydrogens is 392 g/mol. The monoisotopic (exact) mass is 412 g/mol. The van der Waals surface area contributed by atoms with Gasteiger partial charge in [-0.1, -0.05) is 35.9 Å². The third kappa shape index (κ3) is 5.74. The lowest BCUT2D eigenvalue weighted by molar-refractivity contribution is -0.115. The lowest BCUT2D eigenvalue weighted by Gasteiger charge is -2.12. The van der Waals surface area contributed by atoms with Crippen molar-refractivity contribution in [2.45, 2.75) is 17.1 Å². The van der Waals surface area contributed by atoms with Gasteiger partial charge in [-0.3, -0.25) is 4.79 Å². The van der Waals surface area contributed by atoms with Gasteiger partial charge >= 0.3 is 0 Å². The van der Waals surface area contributed by atoms with Crippen molar-refractivity contribution in [3.63, 3.8) is 0 Å². The van der Waals surface area contributed by atoms with E-state index in [-0.39, 0.29) is 10.8 Å². The van der Waals surface area contributed by atoms with E-state index in [4.69, 9.17) is 11.6 Å². The van der Waals surface area contributed by atoms with Crippen molar-refractivity contribution in [3.8, 4) is 0 Å². The summed E-state index contributed by atoms with van der Waals surface area (Å²) in [6.07, 6.45) is 0.353. The van der Waals surface area contributed by atoms with E-state index in [9.17, 15) is 13.2 Å². The second kappa shape index (κ2) is 9.41. The Hall–Kier alpha value is -1.54. The van der Waals surface area contributed by atoms with E-state index in [0.717, 1.165) is 5.56 Å². The van der Waals surface area contributed by atoms with E-state index in [2.05, 4.69) is 5.32 Å². The molecule has 0 saturated carbocycles. The van der Waals surface area contributed by atoms with Gasteiger partial charge in [-0.15, -0.1) is 0 Å². The first-order valence-electron chi connectivity index (χ1n) is 7.94. The molecule has 0 aliphatic rings. The van der Waals surface area contributed by atoms with Crippen LogP contribution in [-0.2, 0) is 20.6 Å². The number of benzene rings is 2. The van der Waals surface area contributed by atoms with E-state index < -0.39 is 10.0 Å². The molecule has 0 saturated heterocycles. The van der Waals surface area contributed by atoms with Gasteiger partial charge in [-0.05, 0) is 29.8 Å². The Balaban J connectivity index is 1.83. The van der Waals surface area contributed by atoms with Crippen LogP contribution >= 0.6 is 23.4 Å². The van der Waals surface area contributed by atoms with Crippen molar-refractivity contribution in [2.75, 3.05) is 25.2 Å². The molecule has 0 radical (unpaired) electrons. The maximum absolute atomic E-state index is 12.2. The number of para-hydroxylation sites is 1. The zero-order valence-electron chi connectivity index (χ0n) is 14.6. The van der Waals surface area contributed by atoms with Crippen molar-refractivity contribution in [1.82, 2.24) is 4.31 Å². The smallest absolute Gasteiger partial charge is 0.242 e. The normalized spacial score (nSPS) is 11.5. The predicted octanol–water partition coefficient (Wildman–Crippen LogP) is 3.85. The van der Waals surface area contributed by atoms with E-state index in [1.54, 1.807) is 48.2 Å². The number of amides is 1. The van der Waals surface area contributed by atoms with Gasteiger partial charge < -0.3 is 5.32 Å². The molecule has 0 spiro atoms. The van der Waals surface area contributed by atoms with Crippen molar-refractivity contribution < 1.29 is 13.2 Å². The molecule has 0 fully saturated rings. The maximum Gasteiger partial charge on any atom is 0.242 e. The van der Waals surface area contributed by atoms with Crippen molar-refractivity contribution in [3.05, 3.63) is 59.1 Å². The van der Waals surface area contributed by atoms with Gasteiger partial charge in [0.2, 0.25) is 15.9 Å². The quantitative estimate of drug-likeness (QED) is 0.668. The van der Waals surface area contributed by atoms with Gasteiger partial charge in [-0.25, -0.2) is 12.7 Å². The lowest BCUT2D eigenvalue weighted by Crippen LogP contribution is -2.22. The van der Waals surface area contributed by atoms with Crippen LogP contribution in [0.5, 0.6) is 0 Å². The minimum Gasteiger partial charge on any atom is -0.325 e. The minimum atomic E-state index is -3.43. The minimum absolute atomic E-state index is 0.102. The van der Waals surface area contributed by atoms with Crippen LogP contribution in [0.4, 0.5) is 5.69 Å². The third-order valence-electron chi connectivity index (χ3n) is 3.57. The molecule has 8 heteroatoms. The van der Waals surface area contributed by atoms with E-state index in [1.807, 2.05) is 12.1 Å². The number of carbonyl (C=O) groups is 1. The van der Waals surface area contributed by atoms with Crippen LogP contribution in [-0.4, -0.2) is 38.5 Å². The fourth-order valence-corrected chi connectivity index (χ4v) is 4.18. The molecule has 0 aliphatic carbocycles. The largest absolute Gasteiger partial charge is 0.325 e. The number of rotatable bonds is 8. The molecule has 2 aromatic rings. The number of thioether (sulfide) groups is 1. The summed E-state index contributed by atoms with van der Waals surface area (Å²) in [7, 11) is -0.418. The lowest BCUT2D eigenvalue weighted by atomic mass is 10.2. The maximum atomic E-state index is 12.2. The van der Waals surface area contributed by atoms with E-state index >= 15 is 0 Å². The molecule has 0 atom stereocenters. The summed E-state index contributed by atoms with van der Waals surface area (Å²) in [5.74, 6) is 1.16. The standard InChI is InChI=1S/C18H21ClN2O3S2/c1-21(2)26(23,24)15-7-5-6-14(12-15)13-25-11-10-18(22)20-17-9-4-3-8-16(17)19/h3-9,12H,10-11,13H2,1-2H3,(H,20,22). The second-order valence-corrected chi connectivity index (χ2v) is 9.43. The Morgan fingerprint density at radius 3 is 2.58 bits per heavy atom. The number of nitrogens with one attached hydrogen (secondary N) is 1. The summed E-state index contributed by atoms with van der Waals surface area (Å²) in [5, 5.41) is 3.29. The molecule has 0 aromatic heterocycles. The molecule has 1 amide bonds. The van der Waals surface area contributed by atoms with Crippen LogP contribution in [0.1, 0.15) is 12.0 Å². The molecule has 0 heterocycles. The average Bonchev–Trinajstić information content (AvgIpc) is 2.61. The van der Waals surface area contributed by atoms with Gasteiger partial charge in [0, 0.05) is 32.0 Å². The van der Waals surface area contributed by atoms with Gasteiger partial charge in [0.25, 0.3) is 0 Å². The third-order valence-corrected chi connectivity index (χ3v) is 6.74. The predicted molar refractivity (Wildman–Crippen MR) is 108 cm³/mol. The molecule has 0 aliphatic heterocycles. The summed E-state index contributed by atoms with van der Waals surface area (Å²) >= 11 is 7.59. The van der Waals surface area contributed by atoms with Crippen LogP contribution < -0.4 is 5.32 Å². The number of anilines is 1. The summed E-state index contributed by atoms with van der Waals surface area (Å²) in [6.45, 7) is 0. The number of halogens is 1. The summed E-state index contributed by atoms with van der Waals surface area (Å²) in [5.41, 5.74) is 1.51. The first-order chi connectivity index (χ1) is 12.3. The van der Waals surface area contributed by atoms with Gasteiger partial charge in [-0.2, -0.15) is 11.8 Å². The van der Waals surface area contributed by atoms with Crippen molar-refractivity contribution in [1.29, 1.82) is 0 Å². The van der Waals surface area contributed by atoms with Crippen molar-refractivity contribution >= 4 is 45.0 Å². The summed E-state index contributed by atoms with van der Waals surface area (Å²) in [6, 6.07) is 14.0. The fourth-order valence-electron chi connectivity index (χ4n) is 2.14. The van der Waals surface area contributed by atoms with Crippen LogP contribution in [0.2, 0.25) is 5.02 Å². The van der Waals surface area contributed by atoms with Crippen LogP contribution in [0.25, 0.3) is 0 Å². The molecule has 0 unspecified atom stereocenters. The Kier molecular flexibility index (Phi) is 7.52. The molecule has 26 heavy (non-hydrogen) atoms. The molecule has 1 N–H and O–H groups in total. The average molecular weight is 413 g/mol. The van der Waals surface area contributed by atoms with E-state index in [1.165, 1.54) is 18.4 Å².